The van der Waals surface area contributed by atoms with Crippen molar-refractivity contribution >= 4 is 46.3 Å². The van der Waals surface area contributed by atoms with Crippen LogP contribution < -0.4 is 10.6 Å². The largest absolute Gasteiger partial charge is 0.360 e. The second-order valence-corrected chi connectivity index (χ2v) is 5.94. The predicted molar refractivity (Wildman–Crippen MR) is 98.9 cm³/mol. The molecule has 0 aliphatic heterocycles. The third kappa shape index (κ3) is 5.35. The van der Waals surface area contributed by atoms with Crippen LogP contribution >= 0.6 is 23.2 Å². The van der Waals surface area contributed by atoms with Gasteiger partial charge in [0.2, 0.25) is 0 Å². The maximum absolute atomic E-state index is 12.2. The van der Waals surface area contributed by atoms with E-state index in [1.165, 1.54) is 13.1 Å². The summed E-state index contributed by atoms with van der Waals surface area (Å²) in [6, 6.07) is 13.0. The first-order chi connectivity index (χ1) is 11.9. The van der Waals surface area contributed by atoms with Gasteiger partial charge in [0.05, 0.1) is 0 Å². The lowest BCUT2D eigenvalue weighted by Crippen LogP contribution is -2.14. The molecule has 0 spiro atoms. The van der Waals surface area contributed by atoms with Gasteiger partial charge in [-0.15, -0.1) is 0 Å². The molecule has 2 aromatic carbocycles. The summed E-state index contributed by atoms with van der Waals surface area (Å²) in [5, 5.41) is 15.4. The molecule has 0 atom stereocenters. The molecular weight excluding hydrogens is 361 g/mol. The average molecular weight is 374 g/mol. The van der Waals surface area contributed by atoms with Gasteiger partial charge in [-0.05, 0) is 37.3 Å². The first-order valence-electron chi connectivity index (χ1n) is 7.14. The van der Waals surface area contributed by atoms with E-state index in [1.807, 2.05) is 6.07 Å². The van der Waals surface area contributed by atoms with Gasteiger partial charge in [0.1, 0.15) is 11.6 Å². The fourth-order valence-corrected chi connectivity index (χ4v) is 2.48. The molecule has 0 saturated heterocycles. The Morgan fingerprint density at radius 2 is 1.76 bits per heavy atom. The maximum atomic E-state index is 12.2. The minimum absolute atomic E-state index is 0.119. The maximum Gasteiger partial charge on any atom is 0.267 e. The molecule has 0 bridgehead atoms. The minimum atomic E-state index is -0.608. The number of ketones is 1. The molecule has 0 aromatic heterocycles. The number of benzene rings is 2. The molecule has 2 aromatic rings. The molecule has 7 heteroatoms. The van der Waals surface area contributed by atoms with Crippen LogP contribution in [-0.2, 0) is 4.79 Å². The zero-order chi connectivity index (χ0) is 18.4. The summed E-state index contributed by atoms with van der Waals surface area (Å²) >= 11 is 11.8. The standard InChI is InChI=1S/C18H13Cl2N3O2/c1-11(24)12-3-2-4-16(5-12)23-18(25)13(9-21)10-22-17-7-14(19)6-15(20)8-17/h2-8,10,22H,1H3,(H,23,25)/b13-10-. The normalized spacial score (nSPS) is 10.7. The SMILES string of the molecule is CC(=O)c1cccc(NC(=O)/C(C#N)=C\Nc2cc(Cl)cc(Cl)c2)c1. The van der Waals surface area contributed by atoms with E-state index < -0.39 is 5.91 Å². The van der Waals surface area contributed by atoms with Crippen molar-refractivity contribution in [3.05, 3.63) is 69.8 Å². The van der Waals surface area contributed by atoms with E-state index in [4.69, 9.17) is 23.2 Å². The molecule has 2 N–H and O–H groups in total. The van der Waals surface area contributed by atoms with Gasteiger partial charge in [-0.3, -0.25) is 9.59 Å². The van der Waals surface area contributed by atoms with E-state index in [9.17, 15) is 14.9 Å². The molecule has 0 aliphatic carbocycles. The molecule has 1 amide bonds. The van der Waals surface area contributed by atoms with Crippen molar-refractivity contribution < 1.29 is 9.59 Å². The molecule has 25 heavy (non-hydrogen) atoms. The number of halogens is 2. The first kappa shape index (κ1) is 18.5. The second-order valence-electron chi connectivity index (χ2n) is 5.06. The number of amides is 1. The summed E-state index contributed by atoms with van der Waals surface area (Å²) in [7, 11) is 0. The molecule has 0 fully saturated rings. The molecule has 126 valence electrons. The lowest BCUT2D eigenvalue weighted by Gasteiger charge is -2.07. The number of nitriles is 1. The molecule has 0 aliphatic rings. The Hall–Kier alpha value is -2.81. The average Bonchev–Trinajstić information content (AvgIpc) is 2.54. The van der Waals surface area contributed by atoms with Gasteiger partial charge in [-0.2, -0.15) is 5.26 Å². The van der Waals surface area contributed by atoms with Crippen LogP contribution in [0.5, 0.6) is 0 Å². The zero-order valence-corrected chi connectivity index (χ0v) is 14.7. The molecule has 0 radical (unpaired) electrons. The number of Topliss-reactive ketones (excluding diaryl/α,β-unsaturated/α-hetero) is 1. The van der Waals surface area contributed by atoms with Crippen LogP contribution in [-0.4, -0.2) is 11.7 Å². The summed E-state index contributed by atoms with van der Waals surface area (Å²) in [5.74, 6) is -0.726. The lowest BCUT2D eigenvalue weighted by atomic mass is 10.1. The third-order valence-electron chi connectivity index (χ3n) is 3.14. The van der Waals surface area contributed by atoms with Crippen molar-refractivity contribution in [2.75, 3.05) is 10.6 Å². The Morgan fingerprint density at radius 1 is 1.08 bits per heavy atom. The number of rotatable bonds is 5. The molecule has 0 heterocycles. The van der Waals surface area contributed by atoms with E-state index in [-0.39, 0.29) is 11.4 Å². The van der Waals surface area contributed by atoms with Crippen molar-refractivity contribution in [2.45, 2.75) is 6.92 Å². The van der Waals surface area contributed by atoms with E-state index in [2.05, 4.69) is 10.6 Å². The number of carbonyl (C=O) groups is 2. The van der Waals surface area contributed by atoms with Gasteiger partial charge in [-0.1, -0.05) is 35.3 Å². The predicted octanol–water partition coefficient (Wildman–Crippen LogP) is 4.65. The van der Waals surface area contributed by atoms with Gasteiger partial charge in [0.25, 0.3) is 5.91 Å². The fourth-order valence-electron chi connectivity index (χ4n) is 1.96. The van der Waals surface area contributed by atoms with E-state index in [1.54, 1.807) is 42.5 Å². The number of hydrogen-bond acceptors (Lipinski definition) is 4. The molecule has 0 unspecified atom stereocenters. The van der Waals surface area contributed by atoms with Crippen LogP contribution in [0.3, 0.4) is 0 Å². The number of hydrogen-bond donors (Lipinski definition) is 2. The number of nitrogens with one attached hydrogen (secondary N) is 2. The van der Waals surface area contributed by atoms with Gasteiger partial charge < -0.3 is 10.6 Å². The minimum Gasteiger partial charge on any atom is -0.360 e. The van der Waals surface area contributed by atoms with Crippen molar-refractivity contribution in [1.29, 1.82) is 5.26 Å². The van der Waals surface area contributed by atoms with Crippen LogP contribution in [0, 0.1) is 11.3 Å². The summed E-state index contributed by atoms with van der Waals surface area (Å²) in [6.45, 7) is 1.43. The highest BCUT2D eigenvalue weighted by atomic mass is 35.5. The summed E-state index contributed by atoms with van der Waals surface area (Å²) in [4.78, 5) is 23.6. The Kier molecular flexibility index (Phi) is 6.18. The number of anilines is 2. The molecule has 5 nitrogen and oxygen atoms in total. The topological polar surface area (TPSA) is 82.0 Å². The highest BCUT2D eigenvalue weighted by Crippen LogP contribution is 2.22. The van der Waals surface area contributed by atoms with Crippen LogP contribution in [0.15, 0.2) is 54.2 Å². The molecule has 2 rings (SSSR count). The second kappa shape index (κ2) is 8.34. The van der Waals surface area contributed by atoms with Crippen molar-refractivity contribution in [3.63, 3.8) is 0 Å². The van der Waals surface area contributed by atoms with E-state index in [0.29, 0.717) is 27.0 Å². The summed E-state index contributed by atoms with van der Waals surface area (Å²) in [5.41, 5.74) is 1.28. The Bertz CT molecular complexity index is 881. The monoisotopic (exact) mass is 373 g/mol. The molecular formula is C18H13Cl2N3O2. The van der Waals surface area contributed by atoms with Crippen molar-refractivity contribution in [2.24, 2.45) is 0 Å². The van der Waals surface area contributed by atoms with Gasteiger partial charge in [0.15, 0.2) is 5.78 Å². The highest BCUT2D eigenvalue weighted by Gasteiger charge is 2.10. The highest BCUT2D eigenvalue weighted by molar-refractivity contribution is 6.35. The van der Waals surface area contributed by atoms with Gasteiger partial charge in [0, 0.05) is 33.2 Å². The van der Waals surface area contributed by atoms with E-state index >= 15 is 0 Å². The Morgan fingerprint density at radius 3 is 2.36 bits per heavy atom. The smallest absolute Gasteiger partial charge is 0.267 e. The van der Waals surface area contributed by atoms with Gasteiger partial charge >= 0.3 is 0 Å². The quantitative estimate of drug-likeness (QED) is 0.453. The fraction of sp³-hybridized carbons (Fsp3) is 0.0556. The Labute approximate surface area is 154 Å². The van der Waals surface area contributed by atoms with Gasteiger partial charge in [-0.25, -0.2) is 0 Å². The van der Waals surface area contributed by atoms with E-state index in [0.717, 1.165) is 0 Å². The number of carbonyl (C=O) groups excluding carboxylic acids is 2. The van der Waals surface area contributed by atoms with Crippen LogP contribution in [0.25, 0.3) is 0 Å². The third-order valence-corrected chi connectivity index (χ3v) is 3.57. The number of nitrogens with zero attached hydrogens (tertiary/aromatic N) is 1. The van der Waals surface area contributed by atoms with Crippen LogP contribution in [0.1, 0.15) is 17.3 Å². The van der Waals surface area contributed by atoms with Crippen LogP contribution in [0.4, 0.5) is 11.4 Å². The summed E-state index contributed by atoms with van der Waals surface area (Å²) < 4.78 is 0. The van der Waals surface area contributed by atoms with Crippen molar-refractivity contribution in [1.82, 2.24) is 0 Å². The summed E-state index contributed by atoms with van der Waals surface area (Å²) in [6.07, 6.45) is 1.26. The molecule has 0 saturated carbocycles. The first-order valence-corrected chi connectivity index (χ1v) is 7.90. The van der Waals surface area contributed by atoms with Crippen molar-refractivity contribution in [3.8, 4) is 6.07 Å². The van der Waals surface area contributed by atoms with Crippen LogP contribution in [0.2, 0.25) is 10.0 Å². The zero-order valence-electron chi connectivity index (χ0n) is 13.1. The lowest BCUT2D eigenvalue weighted by molar-refractivity contribution is -0.112. The Balaban J connectivity index is 2.14.